The number of nitrogens with one attached hydrogen (secondary N) is 1. The van der Waals surface area contributed by atoms with E-state index in [0.717, 1.165) is 6.42 Å². The molecule has 2 atom stereocenters. The highest BCUT2D eigenvalue weighted by Gasteiger charge is 2.24. The van der Waals surface area contributed by atoms with Gasteiger partial charge in [-0.1, -0.05) is 13.8 Å². The number of hydrogen-bond donors (Lipinski definition) is 1. The maximum absolute atomic E-state index is 13.0. The third kappa shape index (κ3) is 5.63. The standard InChI is InChI=1S/C20H26N4O5/c1-5-13(3)21-19(25)17-12-29-18(22-17)11-23(14(4)6-2)20(26)15-7-9-16(10-8-15)24(27)28/h7-10,12-14H,5-6,11H2,1-4H3,(H,21,25). The van der Waals surface area contributed by atoms with Gasteiger partial charge < -0.3 is 14.6 Å². The summed E-state index contributed by atoms with van der Waals surface area (Å²) in [5, 5.41) is 13.6. The molecule has 2 rings (SSSR count). The van der Waals surface area contributed by atoms with Crippen molar-refractivity contribution in [1.29, 1.82) is 0 Å². The number of hydrogen-bond acceptors (Lipinski definition) is 6. The topological polar surface area (TPSA) is 119 Å². The number of carbonyl (C=O) groups is 2. The second kappa shape index (κ2) is 9.81. The molecule has 0 aliphatic carbocycles. The molecule has 156 valence electrons. The number of rotatable bonds is 9. The van der Waals surface area contributed by atoms with Crippen LogP contribution < -0.4 is 5.32 Å². The summed E-state index contributed by atoms with van der Waals surface area (Å²) in [5.74, 6) is -0.376. The molecule has 0 aliphatic heterocycles. The van der Waals surface area contributed by atoms with E-state index in [-0.39, 0.29) is 47.7 Å². The summed E-state index contributed by atoms with van der Waals surface area (Å²) < 4.78 is 5.41. The molecular weight excluding hydrogens is 376 g/mol. The van der Waals surface area contributed by atoms with Gasteiger partial charge >= 0.3 is 0 Å². The molecule has 2 unspecified atom stereocenters. The molecule has 9 heteroatoms. The Hall–Kier alpha value is -3.23. The van der Waals surface area contributed by atoms with E-state index in [0.29, 0.717) is 12.0 Å². The van der Waals surface area contributed by atoms with Crippen molar-refractivity contribution in [1.82, 2.24) is 15.2 Å². The summed E-state index contributed by atoms with van der Waals surface area (Å²) in [5.41, 5.74) is 0.408. The van der Waals surface area contributed by atoms with Crippen LogP contribution in [0.15, 0.2) is 34.9 Å². The van der Waals surface area contributed by atoms with Gasteiger partial charge in [-0.2, -0.15) is 0 Å². The van der Waals surface area contributed by atoms with E-state index >= 15 is 0 Å². The molecule has 0 saturated heterocycles. The van der Waals surface area contributed by atoms with Crippen molar-refractivity contribution in [3.05, 3.63) is 57.8 Å². The van der Waals surface area contributed by atoms with Crippen molar-refractivity contribution in [2.75, 3.05) is 0 Å². The predicted molar refractivity (Wildman–Crippen MR) is 106 cm³/mol. The van der Waals surface area contributed by atoms with Crippen LogP contribution in [0, 0.1) is 10.1 Å². The molecule has 0 radical (unpaired) electrons. The summed E-state index contributed by atoms with van der Waals surface area (Å²) in [6, 6.07) is 5.34. The molecule has 0 bridgehead atoms. The van der Waals surface area contributed by atoms with Gasteiger partial charge in [-0.25, -0.2) is 4.98 Å². The maximum Gasteiger partial charge on any atom is 0.273 e. The first-order chi connectivity index (χ1) is 13.8. The number of nitrogens with zero attached hydrogens (tertiary/aromatic N) is 3. The molecule has 1 aromatic carbocycles. The lowest BCUT2D eigenvalue weighted by Crippen LogP contribution is -2.38. The Kier molecular flexibility index (Phi) is 7.46. The normalized spacial score (nSPS) is 12.8. The van der Waals surface area contributed by atoms with Gasteiger partial charge in [-0.05, 0) is 38.8 Å². The molecule has 9 nitrogen and oxygen atoms in total. The van der Waals surface area contributed by atoms with Gasteiger partial charge in [0, 0.05) is 29.8 Å². The number of non-ortho nitro benzene ring substituents is 1. The SMILES string of the molecule is CCC(C)NC(=O)c1coc(CN(C(=O)c2ccc([N+](=O)[O-])cc2)C(C)CC)n1. The van der Waals surface area contributed by atoms with Gasteiger partial charge in [0.2, 0.25) is 5.89 Å². The molecule has 0 saturated carbocycles. The number of oxazole rings is 1. The van der Waals surface area contributed by atoms with Gasteiger partial charge in [0.15, 0.2) is 5.69 Å². The number of nitro groups is 1. The van der Waals surface area contributed by atoms with Crippen LogP contribution in [0.5, 0.6) is 0 Å². The molecule has 1 aromatic heterocycles. The Balaban J connectivity index is 2.18. The Morgan fingerprint density at radius 3 is 2.41 bits per heavy atom. The minimum atomic E-state index is -0.514. The molecule has 0 spiro atoms. The smallest absolute Gasteiger partial charge is 0.273 e. The molecule has 0 aliphatic rings. The van der Waals surface area contributed by atoms with Gasteiger partial charge in [0.1, 0.15) is 6.26 Å². The number of nitro benzene ring substituents is 1. The fraction of sp³-hybridized carbons (Fsp3) is 0.450. The van der Waals surface area contributed by atoms with Crippen molar-refractivity contribution in [3.8, 4) is 0 Å². The highest BCUT2D eigenvalue weighted by atomic mass is 16.6. The fourth-order valence-corrected chi connectivity index (χ4v) is 2.57. The minimum Gasteiger partial charge on any atom is -0.446 e. The van der Waals surface area contributed by atoms with Crippen LogP contribution in [-0.4, -0.2) is 38.7 Å². The molecule has 0 fully saturated rings. The zero-order valence-corrected chi connectivity index (χ0v) is 17.0. The van der Waals surface area contributed by atoms with E-state index in [1.54, 1.807) is 4.90 Å². The lowest BCUT2D eigenvalue weighted by Gasteiger charge is -2.27. The molecule has 29 heavy (non-hydrogen) atoms. The van der Waals surface area contributed by atoms with Crippen LogP contribution in [-0.2, 0) is 6.54 Å². The van der Waals surface area contributed by atoms with Crippen LogP contribution in [0.25, 0.3) is 0 Å². The Morgan fingerprint density at radius 2 is 1.86 bits per heavy atom. The highest BCUT2D eigenvalue weighted by Crippen LogP contribution is 2.18. The first-order valence-corrected chi connectivity index (χ1v) is 9.57. The molecule has 1 N–H and O–H groups in total. The molecule has 2 amide bonds. The minimum absolute atomic E-state index is 0.0166. The summed E-state index contributed by atoms with van der Waals surface area (Å²) in [4.78, 5) is 41.2. The second-order valence-corrected chi connectivity index (χ2v) is 6.90. The van der Waals surface area contributed by atoms with E-state index in [1.165, 1.54) is 30.5 Å². The van der Waals surface area contributed by atoms with Crippen molar-refractivity contribution >= 4 is 17.5 Å². The van der Waals surface area contributed by atoms with Crippen LogP contribution >= 0.6 is 0 Å². The number of benzene rings is 1. The Bertz CT molecular complexity index is 862. The summed E-state index contributed by atoms with van der Waals surface area (Å²) in [7, 11) is 0. The predicted octanol–water partition coefficient (Wildman–Crippen LogP) is 3.55. The van der Waals surface area contributed by atoms with Crippen molar-refractivity contribution in [2.45, 2.75) is 59.2 Å². The largest absolute Gasteiger partial charge is 0.446 e. The van der Waals surface area contributed by atoms with Gasteiger partial charge in [0.05, 0.1) is 11.5 Å². The summed E-state index contributed by atoms with van der Waals surface area (Å²) >= 11 is 0. The quantitative estimate of drug-likeness (QED) is 0.506. The average Bonchev–Trinajstić information content (AvgIpc) is 3.19. The van der Waals surface area contributed by atoms with Crippen molar-refractivity contribution in [3.63, 3.8) is 0 Å². The van der Waals surface area contributed by atoms with E-state index in [1.807, 2.05) is 27.7 Å². The van der Waals surface area contributed by atoms with Crippen LogP contribution in [0.3, 0.4) is 0 Å². The summed E-state index contributed by atoms with van der Waals surface area (Å²) in [6.45, 7) is 7.78. The Morgan fingerprint density at radius 1 is 1.21 bits per heavy atom. The van der Waals surface area contributed by atoms with E-state index in [2.05, 4.69) is 10.3 Å². The van der Waals surface area contributed by atoms with Crippen LogP contribution in [0.4, 0.5) is 5.69 Å². The second-order valence-electron chi connectivity index (χ2n) is 6.90. The molecule has 1 heterocycles. The van der Waals surface area contributed by atoms with E-state index in [9.17, 15) is 19.7 Å². The monoisotopic (exact) mass is 402 g/mol. The average molecular weight is 402 g/mol. The highest BCUT2D eigenvalue weighted by molar-refractivity contribution is 5.94. The number of aromatic nitrogens is 1. The van der Waals surface area contributed by atoms with E-state index in [4.69, 9.17) is 4.42 Å². The third-order valence-corrected chi connectivity index (χ3v) is 4.79. The van der Waals surface area contributed by atoms with Gasteiger partial charge in [-0.15, -0.1) is 0 Å². The molecular formula is C20H26N4O5. The number of amides is 2. The first-order valence-electron chi connectivity index (χ1n) is 9.57. The van der Waals surface area contributed by atoms with Gasteiger partial charge in [0.25, 0.3) is 17.5 Å². The van der Waals surface area contributed by atoms with Crippen LogP contribution in [0.1, 0.15) is 67.3 Å². The van der Waals surface area contributed by atoms with Gasteiger partial charge in [-0.3, -0.25) is 19.7 Å². The van der Waals surface area contributed by atoms with Crippen molar-refractivity contribution < 1.29 is 18.9 Å². The van der Waals surface area contributed by atoms with E-state index < -0.39 is 4.92 Å². The summed E-state index contributed by atoms with van der Waals surface area (Å²) in [6.07, 6.45) is 2.76. The van der Waals surface area contributed by atoms with Crippen molar-refractivity contribution in [2.24, 2.45) is 0 Å². The van der Waals surface area contributed by atoms with Crippen LogP contribution in [0.2, 0.25) is 0 Å². The number of carbonyl (C=O) groups excluding carboxylic acids is 2. The lowest BCUT2D eigenvalue weighted by molar-refractivity contribution is -0.384. The zero-order valence-electron chi connectivity index (χ0n) is 17.0. The Labute approximate surface area is 169 Å². The maximum atomic E-state index is 13.0. The third-order valence-electron chi connectivity index (χ3n) is 4.79. The lowest BCUT2D eigenvalue weighted by atomic mass is 10.1. The first kappa shape index (κ1) is 22.1. The fourth-order valence-electron chi connectivity index (χ4n) is 2.57. The molecule has 2 aromatic rings. The zero-order chi connectivity index (χ0) is 21.6.